The summed E-state index contributed by atoms with van der Waals surface area (Å²) in [7, 11) is 0. The molecular formula is C16H25N3O2. The van der Waals surface area contributed by atoms with E-state index in [0.717, 1.165) is 36.8 Å². The van der Waals surface area contributed by atoms with Crippen LogP contribution in [0, 0.1) is 16.0 Å². The zero-order valence-electron chi connectivity index (χ0n) is 13.1. The van der Waals surface area contributed by atoms with Crippen LogP contribution in [0.5, 0.6) is 0 Å². The smallest absolute Gasteiger partial charge is 0.269 e. The molecule has 1 aromatic rings. The summed E-state index contributed by atoms with van der Waals surface area (Å²) >= 11 is 0. The van der Waals surface area contributed by atoms with Crippen LogP contribution in [0.15, 0.2) is 18.2 Å². The van der Waals surface area contributed by atoms with Gasteiger partial charge in [-0.1, -0.05) is 6.92 Å². The summed E-state index contributed by atoms with van der Waals surface area (Å²) in [6.45, 7) is 9.24. The number of anilines is 1. The number of non-ortho nitro benzene ring substituents is 1. The van der Waals surface area contributed by atoms with E-state index in [1.165, 1.54) is 12.8 Å². The minimum absolute atomic E-state index is 0.171. The standard InChI is InChI=1S/C16H25N3O2/c1-4-17-16-6-5-15(19(20)21)10-14(16)11-18-8-7-12(2)9-13(18)3/h5-6,10,12-13,17H,4,7-9,11H2,1-3H3. The summed E-state index contributed by atoms with van der Waals surface area (Å²) in [4.78, 5) is 13.1. The lowest BCUT2D eigenvalue weighted by Crippen LogP contribution is -2.39. The van der Waals surface area contributed by atoms with Crippen molar-refractivity contribution in [1.82, 2.24) is 4.90 Å². The molecule has 116 valence electrons. The Morgan fingerprint density at radius 2 is 2.19 bits per heavy atom. The predicted molar refractivity (Wildman–Crippen MR) is 85.5 cm³/mol. The molecule has 1 saturated heterocycles. The highest BCUT2D eigenvalue weighted by atomic mass is 16.6. The predicted octanol–water partition coefficient (Wildman–Crippen LogP) is 3.65. The van der Waals surface area contributed by atoms with Crippen molar-refractivity contribution in [3.05, 3.63) is 33.9 Å². The van der Waals surface area contributed by atoms with Gasteiger partial charge in [0.2, 0.25) is 0 Å². The van der Waals surface area contributed by atoms with Crippen molar-refractivity contribution in [3.63, 3.8) is 0 Å². The fraction of sp³-hybridized carbons (Fsp3) is 0.625. The number of likely N-dealkylation sites (tertiary alicyclic amines) is 1. The Hall–Kier alpha value is -1.62. The van der Waals surface area contributed by atoms with Crippen molar-refractivity contribution in [2.75, 3.05) is 18.4 Å². The van der Waals surface area contributed by atoms with Crippen molar-refractivity contribution in [2.24, 2.45) is 5.92 Å². The number of rotatable bonds is 5. The van der Waals surface area contributed by atoms with Gasteiger partial charge >= 0.3 is 0 Å². The summed E-state index contributed by atoms with van der Waals surface area (Å²) < 4.78 is 0. The molecule has 0 bridgehead atoms. The van der Waals surface area contributed by atoms with Crippen molar-refractivity contribution in [2.45, 2.75) is 46.2 Å². The molecule has 0 radical (unpaired) electrons. The van der Waals surface area contributed by atoms with Crippen LogP contribution >= 0.6 is 0 Å². The Labute approximate surface area is 126 Å². The zero-order chi connectivity index (χ0) is 15.4. The summed E-state index contributed by atoms with van der Waals surface area (Å²) in [6.07, 6.45) is 2.40. The van der Waals surface area contributed by atoms with Crippen LogP contribution in [0.4, 0.5) is 11.4 Å². The SMILES string of the molecule is CCNc1ccc([N+](=O)[O-])cc1CN1CCC(C)CC1C. The Kier molecular flexibility index (Phi) is 5.17. The third kappa shape index (κ3) is 3.94. The van der Waals surface area contributed by atoms with Crippen LogP contribution in [-0.4, -0.2) is 29.0 Å². The monoisotopic (exact) mass is 291 g/mol. The third-order valence-electron chi connectivity index (χ3n) is 4.32. The highest BCUT2D eigenvalue weighted by Crippen LogP contribution is 2.28. The summed E-state index contributed by atoms with van der Waals surface area (Å²) in [5.41, 5.74) is 2.20. The molecule has 2 atom stereocenters. The number of hydrogen-bond donors (Lipinski definition) is 1. The molecule has 2 rings (SSSR count). The van der Waals surface area contributed by atoms with E-state index in [1.54, 1.807) is 12.1 Å². The van der Waals surface area contributed by atoms with E-state index < -0.39 is 0 Å². The first-order chi connectivity index (χ1) is 10.0. The molecule has 1 N–H and O–H groups in total. The van der Waals surface area contributed by atoms with Crippen LogP contribution in [0.2, 0.25) is 0 Å². The second kappa shape index (κ2) is 6.89. The van der Waals surface area contributed by atoms with Crippen LogP contribution in [0.1, 0.15) is 39.2 Å². The molecule has 1 aliphatic rings. The lowest BCUT2D eigenvalue weighted by molar-refractivity contribution is -0.384. The minimum Gasteiger partial charge on any atom is -0.385 e. The molecule has 1 aromatic carbocycles. The highest BCUT2D eigenvalue weighted by molar-refractivity contribution is 5.56. The number of nitrogens with zero attached hydrogens (tertiary/aromatic N) is 2. The van der Waals surface area contributed by atoms with Gasteiger partial charge in [0.15, 0.2) is 0 Å². The van der Waals surface area contributed by atoms with E-state index >= 15 is 0 Å². The van der Waals surface area contributed by atoms with E-state index in [0.29, 0.717) is 6.04 Å². The van der Waals surface area contributed by atoms with E-state index in [4.69, 9.17) is 0 Å². The molecular weight excluding hydrogens is 266 g/mol. The van der Waals surface area contributed by atoms with Gasteiger partial charge in [0, 0.05) is 37.0 Å². The van der Waals surface area contributed by atoms with Crippen molar-refractivity contribution < 1.29 is 4.92 Å². The first-order valence-electron chi connectivity index (χ1n) is 7.76. The topological polar surface area (TPSA) is 58.4 Å². The van der Waals surface area contributed by atoms with Crippen LogP contribution in [-0.2, 0) is 6.54 Å². The molecule has 0 saturated carbocycles. The number of benzene rings is 1. The fourth-order valence-electron chi connectivity index (χ4n) is 3.10. The average molecular weight is 291 g/mol. The number of nitro groups is 1. The fourth-order valence-corrected chi connectivity index (χ4v) is 3.10. The van der Waals surface area contributed by atoms with Crippen LogP contribution < -0.4 is 5.32 Å². The van der Waals surface area contributed by atoms with Gasteiger partial charge in [0.05, 0.1) is 4.92 Å². The molecule has 5 nitrogen and oxygen atoms in total. The molecule has 0 spiro atoms. The van der Waals surface area contributed by atoms with Crippen molar-refractivity contribution in [1.29, 1.82) is 0 Å². The first-order valence-corrected chi connectivity index (χ1v) is 7.76. The van der Waals surface area contributed by atoms with Gasteiger partial charge in [-0.05, 0) is 50.8 Å². The molecule has 0 aliphatic carbocycles. The number of nitrogens with one attached hydrogen (secondary N) is 1. The third-order valence-corrected chi connectivity index (χ3v) is 4.32. The summed E-state index contributed by atoms with van der Waals surface area (Å²) in [5.74, 6) is 0.773. The quantitative estimate of drug-likeness (QED) is 0.664. The largest absolute Gasteiger partial charge is 0.385 e. The second-order valence-electron chi connectivity index (χ2n) is 6.08. The molecule has 21 heavy (non-hydrogen) atoms. The van der Waals surface area contributed by atoms with Gasteiger partial charge in [-0.2, -0.15) is 0 Å². The lowest BCUT2D eigenvalue weighted by Gasteiger charge is -2.36. The van der Waals surface area contributed by atoms with Gasteiger partial charge in [0.1, 0.15) is 0 Å². The maximum Gasteiger partial charge on any atom is 0.269 e. The minimum atomic E-state index is -0.319. The van der Waals surface area contributed by atoms with E-state index in [-0.39, 0.29) is 10.6 Å². The average Bonchev–Trinajstić information content (AvgIpc) is 2.43. The van der Waals surface area contributed by atoms with Crippen molar-refractivity contribution >= 4 is 11.4 Å². The zero-order valence-corrected chi connectivity index (χ0v) is 13.1. The number of hydrogen-bond acceptors (Lipinski definition) is 4. The molecule has 1 aliphatic heterocycles. The van der Waals surface area contributed by atoms with Gasteiger partial charge < -0.3 is 5.32 Å². The number of piperidine rings is 1. The molecule has 1 fully saturated rings. The van der Waals surface area contributed by atoms with Crippen LogP contribution in [0.25, 0.3) is 0 Å². The summed E-state index contributed by atoms with van der Waals surface area (Å²) in [6, 6.07) is 5.64. The Bertz CT molecular complexity index is 504. The second-order valence-corrected chi connectivity index (χ2v) is 6.08. The summed E-state index contributed by atoms with van der Waals surface area (Å²) in [5, 5.41) is 14.3. The Balaban J connectivity index is 2.20. The van der Waals surface area contributed by atoms with E-state index in [1.807, 2.05) is 13.0 Å². The van der Waals surface area contributed by atoms with E-state index in [2.05, 4.69) is 24.1 Å². The Morgan fingerprint density at radius 3 is 2.81 bits per heavy atom. The normalized spacial score (nSPS) is 23.0. The maximum atomic E-state index is 11.0. The molecule has 5 heteroatoms. The van der Waals surface area contributed by atoms with Gasteiger partial charge in [-0.15, -0.1) is 0 Å². The lowest BCUT2D eigenvalue weighted by atomic mass is 9.93. The molecule has 0 aromatic heterocycles. The molecule has 1 heterocycles. The first kappa shape index (κ1) is 15.8. The Morgan fingerprint density at radius 1 is 1.43 bits per heavy atom. The van der Waals surface area contributed by atoms with Gasteiger partial charge in [-0.25, -0.2) is 0 Å². The van der Waals surface area contributed by atoms with Gasteiger partial charge in [-0.3, -0.25) is 15.0 Å². The van der Waals surface area contributed by atoms with Gasteiger partial charge in [0.25, 0.3) is 5.69 Å². The molecule has 0 amide bonds. The maximum absolute atomic E-state index is 11.0. The van der Waals surface area contributed by atoms with E-state index in [9.17, 15) is 10.1 Å². The molecule has 2 unspecified atom stereocenters. The highest BCUT2D eigenvalue weighted by Gasteiger charge is 2.24. The van der Waals surface area contributed by atoms with Crippen molar-refractivity contribution in [3.8, 4) is 0 Å². The van der Waals surface area contributed by atoms with Crippen LogP contribution in [0.3, 0.4) is 0 Å². The number of nitro benzene ring substituents is 1.